The maximum absolute atomic E-state index is 13.0. The fourth-order valence-electron chi connectivity index (χ4n) is 2.49. The number of furan rings is 1. The molecule has 0 atom stereocenters. The van der Waals surface area contributed by atoms with Crippen molar-refractivity contribution < 1.29 is 8.81 Å². The van der Waals surface area contributed by atoms with Gasteiger partial charge in [0.1, 0.15) is 11.6 Å². The Bertz CT molecular complexity index is 1100. The second kappa shape index (κ2) is 6.90. The summed E-state index contributed by atoms with van der Waals surface area (Å²) in [6.07, 6.45) is 1.63. The van der Waals surface area contributed by atoms with E-state index >= 15 is 0 Å². The van der Waals surface area contributed by atoms with E-state index in [1.807, 2.05) is 30.3 Å². The van der Waals surface area contributed by atoms with Gasteiger partial charge in [-0.15, -0.1) is 0 Å². The van der Waals surface area contributed by atoms with Crippen LogP contribution in [0.1, 0.15) is 11.3 Å². The van der Waals surface area contributed by atoms with Gasteiger partial charge in [0.2, 0.25) is 0 Å². The first-order valence-electron chi connectivity index (χ1n) is 7.81. The van der Waals surface area contributed by atoms with Gasteiger partial charge < -0.3 is 9.40 Å². The van der Waals surface area contributed by atoms with Gasteiger partial charge in [-0.05, 0) is 59.8 Å². The summed E-state index contributed by atoms with van der Waals surface area (Å²) in [5, 5.41) is 10.7. The molecule has 0 aliphatic carbocycles. The lowest BCUT2D eigenvalue weighted by Gasteiger charge is -1.98. The van der Waals surface area contributed by atoms with Crippen LogP contribution in [0.25, 0.3) is 22.7 Å². The zero-order chi connectivity index (χ0) is 17.9. The summed E-state index contributed by atoms with van der Waals surface area (Å²) in [7, 11) is 0. The van der Waals surface area contributed by atoms with E-state index in [4.69, 9.17) is 4.42 Å². The number of hydrogen-bond donors (Lipinski definition) is 1. The number of fused-ring (bicyclic) bond motifs is 1. The number of allylic oxidation sites excluding steroid dienone is 1. The van der Waals surface area contributed by atoms with Crippen LogP contribution < -0.4 is 0 Å². The molecule has 2 aromatic heterocycles. The minimum absolute atomic E-state index is 0.339. The van der Waals surface area contributed by atoms with Gasteiger partial charge in [-0.25, -0.2) is 9.37 Å². The number of H-pyrrole nitrogens is 1. The highest BCUT2D eigenvalue weighted by Gasteiger charge is 2.09. The SMILES string of the molecule is N#C/C(=C\c1ccc(Sc2nc3ccccc3[nH]2)o1)c1ccc(F)cc1. The van der Waals surface area contributed by atoms with Crippen molar-refractivity contribution in [3.8, 4) is 6.07 Å². The van der Waals surface area contributed by atoms with Crippen LogP contribution in [-0.4, -0.2) is 9.97 Å². The fourth-order valence-corrected chi connectivity index (χ4v) is 3.26. The summed E-state index contributed by atoms with van der Waals surface area (Å²) in [4.78, 5) is 7.72. The number of rotatable bonds is 4. The second-order valence-electron chi connectivity index (χ2n) is 5.49. The van der Waals surface area contributed by atoms with Crippen molar-refractivity contribution in [1.29, 1.82) is 5.26 Å². The van der Waals surface area contributed by atoms with E-state index in [0.29, 0.717) is 22.0 Å². The van der Waals surface area contributed by atoms with Crippen LogP contribution >= 0.6 is 11.8 Å². The molecule has 0 saturated heterocycles. The molecule has 2 aromatic carbocycles. The molecule has 126 valence electrons. The third-order valence-electron chi connectivity index (χ3n) is 3.73. The van der Waals surface area contributed by atoms with Crippen molar-refractivity contribution in [1.82, 2.24) is 9.97 Å². The Morgan fingerprint density at radius 3 is 2.69 bits per heavy atom. The summed E-state index contributed by atoms with van der Waals surface area (Å²) in [5.74, 6) is 0.207. The van der Waals surface area contributed by atoms with E-state index in [-0.39, 0.29) is 5.82 Å². The second-order valence-corrected chi connectivity index (χ2v) is 6.49. The maximum Gasteiger partial charge on any atom is 0.174 e. The van der Waals surface area contributed by atoms with Crippen LogP contribution in [0.3, 0.4) is 0 Å². The monoisotopic (exact) mass is 361 g/mol. The molecule has 2 heterocycles. The van der Waals surface area contributed by atoms with Crippen LogP contribution in [0.4, 0.5) is 4.39 Å². The topological polar surface area (TPSA) is 65.6 Å². The lowest BCUT2D eigenvalue weighted by atomic mass is 10.1. The third-order valence-corrected chi connectivity index (χ3v) is 4.54. The molecule has 0 amide bonds. The Kier molecular flexibility index (Phi) is 4.30. The van der Waals surface area contributed by atoms with E-state index in [1.54, 1.807) is 24.3 Å². The van der Waals surface area contributed by atoms with Crippen molar-refractivity contribution in [2.45, 2.75) is 10.2 Å². The Labute approximate surface area is 153 Å². The zero-order valence-corrected chi connectivity index (χ0v) is 14.3. The standard InChI is InChI=1S/C20H12FN3OS/c21-15-7-5-13(6-8-15)14(12-22)11-16-9-10-19(25-16)26-20-23-17-3-1-2-4-18(17)24-20/h1-11H,(H,23,24)/b14-11+. The van der Waals surface area contributed by atoms with Gasteiger partial charge in [-0.2, -0.15) is 5.26 Å². The Balaban J connectivity index is 1.57. The van der Waals surface area contributed by atoms with E-state index in [0.717, 1.165) is 16.2 Å². The predicted octanol–water partition coefficient (Wildman–Crippen LogP) is 5.51. The third kappa shape index (κ3) is 3.39. The normalized spacial score (nSPS) is 11.6. The Morgan fingerprint density at radius 2 is 1.92 bits per heavy atom. The van der Waals surface area contributed by atoms with Gasteiger partial charge in [0.25, 0.3) is 0 Å². The number of halogens is 1. The van der Waals surface area contributed by atoms with Crippen LogP contribution in [-0.2, 0) is 0 Å². The lowest BCUT2D eigenvalue weighted by Crippen LogP contribution is -1.82. The molecule has 4 rings (SSSR count). The van der Waals surface area contributed by atoms with E-state index in [1.165, 1.54) is 23.9 Å². The number of benzene rings is 2. The predicted molar refractivity (Wildman–Crippen MR) is 98.8 cm³/mol. The van der Waals surface area contributed by atoms with Crippen molar-refractivity contribution in [2.24, 2.45) is 0 Å². The average Bonchev–Trinajstić information content (AvgIpc) is 3.26. The van der Waals surface area contributed by atoms with Gasteiger partial charge >= 0.3 is 0 Å². The molecule has 0 aliphatic rings. The number of hydrogen-bond acceptors (Lipinski definition) is 4. The van der Waals surface area contributed by atoms with Crippen LogP contribution in [0, 0.1) is 17.1 Å². The van der Waals surface area contributed by atoms with Crippen molar-refractivity contribution in [2.75, 3.05) is 0 Å². The van der Waals surface area contributed by atoms with Gasteiger partial charge in [0.05, 0.1) is 22.7 Å². The van der Waals surface area contributed by atoms with E-state index < -0.39 is 0 Å². The Hall–Kier alpha value is -3.30. The maximum atomic E-state index is 13.0. The molecule has 0 bridgehead atoms. The van der Waals surface area contributed by atoms with Crippen molar-refractivity contribution in [3.63, 3.8) is 0 Å². The summed E-state index contributed by atoms with van der Waals surface area (Å²) in [6.45, 7) is 0. The molecule has 0 radical (unpaired) electrons. The first-order valence-corrected chi connectivity index (χ1v) is 8.63. The summed E-state index contributed by atoms with van der Waals surface area (Å²) in [6, 6.07) is 19.3. The van der Waals surface area contributed by atoms with Crippen LogP contribution in [0.15, 0.2) is 75.3 Å². The number of aromatic nitrogens is 2. The highest BCUT2D eigenvalue weighted by molar-refractivity contribution is 7.99. The molecule has 0 aliphatic heterocycles. The smallest absolute Gasteiger partial charge is 0.174 e. The average molecular weight is 361 g/mol. The molecule has 4 aromatic rings. The number of nitriles is 1. The quantitative estimate of drug-likeness (QED) is 0.487. The van der Waals surface area contributed by atoms with Gasteiger partial charge in [0, 0.05) is 0 Å². The summed E-state index contributed by atoms with van der Waals surface area (Å²) >= 11 is 1.37. The molecule has 26 heavy (non-hydrogen) atoms. The number of nitrogens with zero attached hydrogens (tertiary/aromatic N) is 2. The largest absolute Gasteiger partial charge is 0.450 e. The molecule has 0 unspecified atom stereocenters. The molecule has 0 spiro atoms. The Morgan fingerprint density at radius 1 is 1.12 bits per heavy atom. The number of aromatic amines is 1. The molecule has 4 nitrogen and oxygen atoms in total. The lowest BCUT2D eigenvalue weighted by molar-refractivity contribution is 0.466. The molecule has 1 N–H and O–H groups in total. The highest BCUT2D eigenvalue weighted by atomic mass is 32.2. The van der Waals surface area contributed by atoms with E-state index in [9.17, 15) is 9.65 Å². The van der Waals surface area contributed by atoms with Gasteiger partial charge in [-0.1, -0.05) is 24.3 Å². The van der Waals surface area contributed by atoms with E-state index in [2.05, 4.69) is 16.0 Å². The van der Waals surface area contributed by atoms with Gasteiger partial charge in [0.15, 0.2) is 10.2 Å². The minimum Gasteiger partial charge on any atom is -0.450 e. The molecule has 0 saturated carbocycles. The molecule has 0 fully saturated rings. The summed E-state index contributed by atoms with van der Waals surface area (Å²) in [5.41, 5.74) is 2.89. The van der Waals surface area contributed by atoms with Crippen molar-refractivity contribution in [3.05, 3.63) is 77.8 Å². The van der Waals surface area contributed by atoms with Crippen LogP contribution in [0.2, 0.25) is 0 Å². The number of para-hydroxylation sites is 2. The van der Waals surface area contributed by atoms with Crippen LogP contribution in [0.5, 0.6) is 0 Å². The molecular weight excluding hydrogens is 349 g/mol. The number of imidazole rings is 1. The fraction of sp³-hybridized carbons (Fsp3) is 0. The number of nitrogens with one attached hydrogen (secondary N) is 1. The first kappa shape index (κ1) is 16.2. The molecule has 6 heteroatoms. The minimum atomic E-state index is -0.339. The summed E-state index contributed by atoms with van der Waals surface area (Å²) < 4.78 is 18.8. The van der Waals surface area contributed by atoms with Crippen molar-refractivity contribution >= 4 is 34.4 Å². The first-order chi connectivity index (χ1) is 12.7. The highest BCUT2D eigenvalue weighted by Crippen LogP contribution is 2.30. The van der Waals surface area contributed by atoms with Gasteiger partial charge in [-0.3, -0.25) is 0 Å². The molecular formula is C20H12FN3OS. The zero-order valence-electron chi connectivity index (χ0n) is 13.4.